The third kappa shape index (κ3) is 3.38. The van der Waals surface area contributed by atoms with Crippen LogP contribution >= 0.6 is 0 Å². The lowest BCUT2D eigenvalue weighted by Gasteiger charge is -2.10. The molecule has 0 aliphatic heterocycles. The number of anilines is 1. The number of rotatable bonds is 5. The second-order valence-electron chi connectivity index (χ2n) is 4.91. The maximum absolute atomic E-state index is 12.1. The van der Waals surface area contributed by atoms with Crippen LogP contribution in [0.15, 0.2) is 53.0 Å². The highest BCUT2D eigenvalue weighted by Crippen LogP contribution is 2.28. The minimum atomic E-state index is -0.330. The maximum atomic E-state index is 12.1. The molecule has 6 nitrogen and oxygen atoms in total. The summed E-state index contributed by atoms with van der Waals surface area (Å²) in [6.07, 6.45) is 2.87. The second-order valence-corrected chi connectivity index (χ2v) is 4.91. The van der Waals surface area contributed by atoms with E-state index in [0.717, 1.165) is 5.52 Å². The number of oxazole rings is 1. The number of fused-ring (bicyclic) bond motifs is 1. The van der Waals surface area contributed by atoms with Gasteiger partial charge in [0.2, 0.25) is 11.8 Å². The van der Waals surface area contributed by atoms with Gasteiger partial charge < -0.3 is 19.2 Å². The average molecular weight is 324 g/mol. The third-order valence-electron chi connectivity index (χ3n) is 3.35. The van der Waals surface area contributed by atoms with E-state index in [-0.39, 0.29) is 5.91 Å². The summed E-state index contributed by atoms with van der Waals surface area (Å²) in [4.78, 5) is 16.4. The first-order valence-electron chi connectivity index (χ1n) is 7.26. The Morgan fingerprint density at radius 2 is 2.00 bits per heavy atom. The number of aromatic nitrogens is 1. The highest BCUT2D eigenvalue weighted by Gasteiger charge is 2.08. The number of nitrogens with zero attached hydrogens (tertiary/aromatic N) is 1. The molecular weight excluding hydrogens is 308 g/mol. The lowest BCUT2D eigenvalue weighted by molar-refractivity contribution is -0.111. The zero-order chi connectivity index (χ0) is 16.9. The number of para-hydroxylation sites is 2. The Morgan fingerprint density at radius 3 is 2.75 bits per heavy atom. The molecule has 1 amide bonds. The number of methoxy groups -OCH3 is 2. The van der Waals surface area contributed by atoms with Gasteiger partial charge in [0.1, 0.15) is 17.0 Å². The number of ether oxygens (including phenoxy) is 2. The van der Waals surface area contributed by atoms with Crippen LogP contribution < -0.4 is 14.8 Å². The molecule has 122 valence electrons. The lowest BCUT2D eigenvalue weighted by atomic mass is 10.2. The predicted molar refractivity (Wildman–Crippen MR) is 91.2 cm³/mol. The van der Waals surface area contributed by atoms with Gasteiger partial charge in [0.15, 0.2) is 5.58 Å². The lowest BCUT2D eigenvalue weighted by Crippen LogP contribution is -2.09. The number of nitrogens with one attached hydrogen (secondary N) is 1. The molecule has 6 heteroatoms. The normalized spacial score (nSPS) is 10.9. The molecule has 24 heavy (non-hydrogen) atoms. The van der Waals surface area contributed by atoms with E-state index >= 15 is 0 Å². The minimum absolute atomic E-state index is 0.330. The number of hydrogen-bond acceptors (Lipinski definition) is 5. The van der Waals surface area contributed by atoms with E-state index < -0.39 is 0 Å². The van der Waals surface area contributed by atoms with E-state index in [9.17, 15) is 4.79 Å². The zero-order valence-corrected chi connectivity index (χ0v) is 13.3. The number of carbonyl (C=O) groups excluding carboxylic acids is 1. The van der Waals surface area contributed by atoms with Crippen molar-refractivity contribution in [2.24, 2.45) is 0 Å². The summed E-state index contributed by atoms with van der Waals surface area (Å²) >= 11 is 0. The van der Waals surface area contributed by atoms with Crippen molar-refractivity contribution in [1.29, 1.82) is 0 Å². The molecule has 1 heterocycles. The first-order chi connectivity index (χ1) is 11.7. The van der Waals surface area contributed by atoms with E-state index in [1.54, 1.807) is 25.3 Å². The molecule has 3 aromatic rings. The van der Waals surface area contributed by atoms with E-state index in [1.165, 1.54) is 19.3 Å². The Balaban J connectivity index is 1.75. The van der Waals surface area contributed by atoms with Crippen LogP contribution in [0.4, 0.5) is 5.69 Å². The molecule has 0 fully saturated rings. The molecule has 0 spiro atoms. The second kappa shape index (κ2) is 6.87. The van der Waals surface area contributed by atoms with E-state index in [1.807, 2.05) is 24.3 Å². The molecule has 0 radical (unpaired) electrons. The Bertz CT molecular complexity index is 866. The maximum Gasteiger partial charge on any atom is 0.248 e. The predicted octanol–water partition coefficient (Wildman–Crippen LogP) is 3.50. The van der Waals surface area contributed by atoms with Crippen molar-refractivity contribution in [2.45, 2.75) is 0 Å². The quantitative estimate of drug-likeness (QED) is 0.727. The third-order valence-corrected chi connectivity index (χ3v) is 3.35. The zero-order valence-electron chi connectivity index (χ0n) is 13.3. The first kappa shape index (κ1) is 15.6. The monoisotopic (exact) mass is 324 g/mol. The van der Waals surface area contributed by atoms with Crippen molar-refractivity contribution in [3.8, 4) is 11.5 Å². The van der Waals surface area contributed by atoms with Crippen LogP contribution in [0.1, 0.15) is 5.89 Å². The summed E-state index contributed by atoms with van der Waals surface area (Å²) in [6.45, 7) is 0. The summed E-state index contributed by atoms with van der Waals surface area (Å²) in [7, 11) is 3.09. The molecule has 0 bridgehead atoms. The van der Waals surface area contributed by atoms with E-state index in [2.05, 4.69) is 10.3 Å². The van der Waals surface area contributed by atoms with Gasteiger partial charge >= 0.3 is 0 Å². The van der Waals surface area contributed by atoms with Gasteiger partial charge in [-0.25, -0.2) is 4.98 Å². The summed E-state index contributed by atoms with van der Waals surface area (Å²) in [5, 5.41) is 2.74. The fraction of sp³-hybridized carbons (Fsp3) is 0.111. The molecule has 0 saturated heterocycles. The van der Waals surface area contributed by atoms with Crippen LogP contribution in [0.2, 0.25) is 0 Å². The molecule has 1 N–H and O–H groups in total. The van der Waals surface area contributed by atoms with Gasteiger partial charge in [-0.05, 0) is 24.3 Å². The Labute approximate surface area is 138 Å². The summed E-state index contributed by atoms with van der Waals surface area (Å²) in [5.74, 6) is 1.20. The summed E-state index contributed by atoms with van der Waals surface area (Å²) in [6, 6.07) is 12.6. The molecule has 0 unspecified atom stereocenters. The largest absolute Gasteiger partial charge is 0.497 e. The van der Waals surface area contributed by atoms with Gasteiger partial charge in [0, 0.05) is 18.2 Å². The molecule has 2 aromatic carbocycles. The highest BCUT2D eigenvalue weighted by atomic mass is 16.5. The van der Waals surface area contributed by atoms with Crippen molar-refractivity contribution in [3.05, 3.63) is 54.4 Å². The minimum Gasteiger partial charge on any atom is -0.497 e. The highest BCUT2D eigenvalue weighted by molar-refractivity contribution is 6.02. The SMILES string of the molecule is COc1ccc(OC)c(NC(=O)C=Cc2nc3ccccc3o2)c1. The fourth-order valence-electron chi connectivity index (χ4n) is 2.19. The molecule has 3 rings (SSSR count). The van der Waals surface area contributed by atoms with Gasteiger partial charge in [0.25, 0.3) is 0 Å². The van der Waals surface area contributed by atoms with Gasteiger partial charge in [0.05, 0.1) is 19.9 Å². The first-order valence-corrected chi connectivity index (χ1v) is 7.26. The molecule has 0 aliphatic carbocycles. The smallest absolute Gasteiger partial charge is 0.248 e. The Kier molecular flexibility index (Phi) is 4.47. The van der Waals surface area contributed by atoms with Crippen molar-refractivity contribution < 1.29 is 18.7 Å². The average Bonchev–Trinajstić information content (AvgIpc) is 3.03. The molecular formula is C18H16N2O4. The van der Waals surface area contributed by atoms with Crippen LogP contribution in [0.5, 0.6) is 11.5 Å². The van der Waals surface area contributed by atoms with E-state index in [0.29, 0.717) is 28.7 Å². The van der Waals surface area contributed by atoms with Gasteiger partial charge in [-0.1, -0.05) is 12.1 Å². The van der Waals surface area contributed by atoms with Crippen molar-refractivity contribution in [1.82, 2.24) is 4.98 Å². The number of carbonyl (C=O) groups is 1. The number of benzene rings is 2. The fourth-order valence-corrected chi connectivity index (χ4v) is 2.19. The van der Waals surface area contributed by atoms with Crippen LogP contribution in [0.3, 0.4) is 0 Å². The summed E-state index contributed by atoms with van der Waals surface area (Å²) in [5.41, 5.74) is 1.93. The van der Waals surface area contributed by atoms with Crippen molar-refractivity contribution in [2.75, 3.05) is 19.5 Å². The summed E-state index contributed by atoms with van der Waals surface area (Å²) < 4.78 is 15.9. The molecule has 0 aliphatic rings. The van der Waals surface area contributed by atoms with Crippen molar-refractivity contribution >= 4 is 28.8 Å². The Morgan fingerprint density at radius 1 is 1.17 bits per heavy atom. The van der Waals surface area contributed by atoms with Gasteiger partial charge in [-0.2, -0.15) is 0 Å². The molecule has 0 saturated carbocycles. The standard InChI is InChI=1S/C18H16N2O4/c1-22-12-7-8-15(23-2)14(11-12)19-17(21)9-10-18-20-13-5-3-4-6-16(13)24-18/h3-11H,1-2H3,(H,19,21). The van der Waals surface area contributed by atoms with Crippen LogP contribution in [0.25, 0.3) is 17.2 Å². The number of hydrogen-bond donors (Lipinski definition) is 1. The number of amides is 1. The van der Waals surface area contributed by atoms with Crippen LogP contribution in [-0.2, 0) is 4.79 Å². The molecule has 0 atom stereocenters. The van der Waals surface area contributed by atoms with Crippen molar-refractivity contribution in [3.63, 3.8) is 0 Å². The van der Waals surface area contributed by atoms with Gasteiger partial charge in [-0.15, -0.1) is 0 Å². The van der Waals surface area contributed by atoms with Crippen LogP contribution in [0, 0.1) is 0 Å². The Hall–Kier alpha value is -3.28. The topological polar surface area (TPSA) is 73.6 Å². The van der Waals surface area contributed by atoms with E-state index in [4.69, 9.17) is 13.9 Å². The van der Waals surface area contributed by atoms with Crippen LogP contribution in [-0.4, -0.2) is 25.1 Å². The molecule has 1 aromatic heterocycles. The van der Waals surface area contributed by atoms with Gasteiger partial charge in [-0.3, -0.25) is 4.79 Å².